The van der Waals surface area contributed by atoms with Crippen molar-refractivity contribution in [1.82, 2.24) is 15.6 Å². The van der Waals surface area contributed by atoms with Gasteiger partial charge in [0.2, 0.25) is 0 Å². The second kappa shape index (κ2) is 7.27. The molecule has 0 fully saturated rings. The topological polar surface area (TPSA) is 49.3 Å². The second-order valence-corrected chi connectivity index (χ2v) is 5.23. The maximum absolute atomic E-state index is 4.55. The highest BCUT2D eigenvalue weighted by molar-refractivity contribution is 7.11. The number of thiazole rings is 1. The highest BCUT2D eigenvalue weighted by atomic mass is 32.1. The molecule has 0 aromatic carbocycles. The molecule has 96 valence electrons. The van der Waals surface area contributed by atoms with E-state index >= 15 is 0 Å². The third-order valence-electron chi connectivity index (χ3n) is 2.27. The zero-order chi connectivity index (χ0) is 12.7. The lowest BCUT2D eigenvalue weighted by atomic mass is 10.2. The highest BCUT2D eigenvalue weighted by Crippen LogP contribution is 2.20. The van der Waals surface area contributed by atoms with Crippen molar-refractivity contribution in [2.45, 2.75) is 33.6 Å². The molecule has 1 atom stereocenters. The van der Waals surface area contributed by atoms with Gasteiger partial charge in [-0.2, -0.15) is 0 Å². The predicted molar refractivity (Wildman–Crippen MR) is 74.9 cm³/mol. The molecule has 1 aromatic rings. The first-order valence-electron chi connectivity index (χ1n) is 6.11. The summed E-state index contributed by atoms with van der Waals surface area (Å²) >= 11 is 1.75. The van der Waals surface area contributed by atoms with E-state index in [-0.39, 0.29) is 0 Å². The van der Waals surface area contributed by atoms with Gasteiger partial charge in [0.25, 0.3) is 0 Å². The van der Waals surface area contributed by atoms with Gasteiger partial charge in [0.05, 0.1) is 11.6 Å². The third kappa shape index (κ3) is 4.73. The van der Waals surface area contributed by atoms with Crippen LogP contribution in [0.2, 0.25) is 0 Å². The molecule has 2 N–H and O–H groups in total. The largest absolute Gasteiger partial charge is 0.357 e. The van der Waals surface area contributed by atoms with Crippen molar-refractivity contribution in [1.29, 1.82) is 0 Å². The molecule has 0 radical (unpaired) electrons. The van der Waals surface area contributed by atoms with Crippen molar-refractivity contribution in [3.63, 3.8) is 0 Å². The predicted octanol–water partition coefficient (Wildman–Crippen LogP) is 2.13. The Bertz CT molecular complexity index is 351. The Balaban J connectivity index is 2.54. The van der Waals surface area contributed by atoms with Gasteiger partial charge in [0, 0.05) is 30.1 Å². The van der Waals surface area contributed by atoms with E-state index in [1.54, 1.807) is 11.3 Å². The average Bonchev–Trinajstić information content (AvgIpc) is 2.73. The van der Waals surface area contributed by atoms with E-state index in [1.165, 1.54) is 9.88 Å². The first-order valence-corrected chi connectivity index (χ1v) is 6.93. The van der Waals surface area contributed by atoms with Crippen LogP contribution < -0.4 is 10.6 Å². The lowest BCUT2D eigenvalue weighted by Gasteiger charge is -2.10. The average molecular weight is 254 g/mol. The van der Waals surface area contributed by atoms with Crippen LogP contribution in [-0.2, 0) is 0 Å². The molecule has 1 heterocycles. The van der Waals surface area contributed by atoms with E-state index in [2.05, 4.69) is 48.3 Å². The molecule has 0 aliphatic carbocycles. The summed E-state index contributed by atoms with van der Waals surface area (Å²) in [6.07, 6.45) is 1.93. The lowest BCUT2D eigenvalue weighted by molar-refractivity contribution is 0.747. The molecule has 1 aromatic heterocycles. The molecule has 1 rings (SSSR count). The Morgan fingerprint density at radius 1 is 1.41 bits per heavy atom. The molecule has 0 aliphatic rings. The van der Waals surface area contributed by atoms with E-state index in [4.69, 9.17) is 0 Å². The fraction of sp³-hybridized carbons (Fsp3) is 0.667. The molecule has 0 unspecified atom stereocenters. The molecule has 0 saturated carbocycles. The van der Waals surface area contributed by atoms with Crippen molar-refractivity contribution in [3.8, 4) is 0 Å². The number of nitrogens with one attached hydrogen (secondary N) is 2. The summed E-state index contributed by atoms with van der Waals surface area (Å²) in [5.74, 6) is 1.26. The number of aliphatic imine (C=N–C) groups is 1. The minimum Gasteiger partial charge on any atom is -0.357 e. The minimum atomic E-state index is 0.376. The summed E-state index contributed by atoms with van der Waals surface area (Å²) in [6, 6.07) is 0. The van der Waals surface area contributed by atoms with E-state index in [0.717, 1.165) is 25.6 Å². The Morgan fingerprint density at radius 3 is 2.53 bits per heavy atom. The number of aryl methyl sites for hydroxylation is 1. The Hall–Kier alpha value is -1.10. The van der Waals surface area contributed by atoms with Crippen LogP contribution in [0.5, 0.6) is 0 Å². The van der Waals surface area contributed by atoms with Crippen LogP contribution in [0.25, 0.3) is 0 Å². The van der Waals surface area contributed by atoms with Gasteiger partial charge in [0.15, 0.2) is 5.96 Å². The number of guanidine groups is 1. The summed E-state index contributed by atoms with van der Waals surface area (Å²) < 4.78 is 0. The van der Waals surface area contributed by atoms with Crippen LogP contribution in [0, 0.1) is 6.92 Å². The molecule has 0 aliphatic heterocycles. The van der Waals surface area contributed by atoms with Crippen LogP contribution in [0.3, 0.4) is 0 Å². The van der Waals surface area contributed by atoms with Crippen molar-refractivity contribution in [2.24, 2.45) is 4.99 Å². The molecular weight excluding hydrogens is 232 g/mol. The van der Waals surface area contributed by atoms with E-state index in [9.17, 15) is 0 Å². The summed E-state index contributed by atoms with van der Waals surface area (Å²) in [5, 5.41) is 7.60. The number of rotatable bonds is 5. The van der Waals surface area contributed by atoms with Crippen molar-refractivity contribution < 1.29 is 0 Å². The van der Waals surface area contributed by atoms with Gasteiger partial charge in [-0.1, -0.05) is 6.92 Å². The van der Waals surface area contributed by atoms with E-state index in [0.29, 0.717) is 5.92 Å². The smallest absolute Gasteiger partial charge is 0.191 e. The number of hydrogen-bond acceptors (Lipinski definition) is 3. The van der Waals surface area contributed by atoms with Gasteiger partial charge < -0.3 is 10.6 Å². The van der Waals surface area contributed by atoms with Crippen LogP contribution in [0.4, 0.5) is 0 Å². The molecule has 4 nitrogen and oxygen atoms in total. The van der Waals surface area contributed by atoms with Crippen LogP contribution in [0.1, 0.15) is 36.6 Å². The quantitative estimate of drug-likeness (QED) is 0.625. The molecular formula is C12H22N4S. The van der Waals surface area contributed by atoms with Crippen LogP contribution >= 0.6 is 11.3 Å². The van der Waals surface area contributed by atoms with E-state index in [1.807, 2.05) is 6.20 Å². The van der Waals surface area contributed by atoms with Crippen molar-refractivity contribution in [3.05, 3.63) is 16.1 Å². The molecule has 0 spiro atoms. The van der Waals surface area contributed by atoms with E-state index < -0.39 is 0 Å². The monoisotopic (exact) mass is 254 g/mol. The molecule has 17 heavy (non-hydrogen) atoms. The van der Waals surface area contributed by atoms with Crippen molar-refractivity contribution >= 4 is 17.3 Å². The first-order chi connectivity index (χ1) is 8.17. The van der Waals surface area contributed by atoms with Gasteiger partial charge >= 0.3 is 0 Å². The summed E-state index contributed by atoms with van der Waals surface area (Å²) in [6.45, 7) is 10.9. The zero-order valence-corrected chi connectivity index (χ0v) is 11.9. The Morgan fingerprint density at radius 2 is 2.06 bits per heavy atom. The summed E-state index contributed by atoms with van der Waals surface area (Å²) in [5.41, 5.74) is 0. The van der Waals surface area contributed by atoms with Crippen LogP contribution in [0.15, 0.2) is 11.2 Å². The normalized spacial score (nSPS) is 12.0. The SMILES string of the molecule is CCNC(=NC[C@@H](C)c1ncc(C)s1)NCC. The molecule has 5 heteroatoms. The maximum Gasteiger partial charge on any atom is 0.191 e. The number of nitrogens with zero attached hydrogens (tertiary/aromatic N) is 2. The fourth-order valence-electron chi connectivity index (χ4n) is 1.42. The Labute approximate surface area is 108 Å². The first kappa shape index (κ1) is 14.0. The maximum atomic E-state index is 4.55. The third-order valence-corrected chi connectivity index (χ3v) is 3.42. The van der Waals surface area contributed by atoms with Crippen LogP contribution in [-0.4, -0.2) is 30.6 Å². The highest BCUT2D eigenvalue weighted by Gasteiger charge is 2.09. The summed E-state index contributed by atoms with van der Waals surface area (Å²) in [7, 11) is 0. The standard InChI is InChI=1S/C12H22N4S/c1-5-13-12(14-6-2)16-7-9(3)11-15-8-10(4)17-11/h8-9H,5-7H2,1-4H3,(H2,13,14,16)/t9-/m1/s1. The minimum absolute atomic E-state index is 0.376. The number of hydrogen-bond donors (Lipinski definition) is 2. The summed E-state index contributed by atoms with van der Waals surface area (Å²) in [4.78, 5) is 10.2. The second-order valence-electron chi connectivity index (χ2n) is 3.96. The fourth-order valence-corrected chi connectivity index (χ4v) is 2.23. The lowest BCUT2D eigenvalue weighted by Crippen LogP contribution is -2.37. The zero-order valence-electron chi connectivity index (χ0n) is 11.1. The van der Waals surface area contributed by atoms with Gasteiger partial charge in [0.1, 0.15) is 0 Å². The Kier molecular flexibility index (Phi) is 5.97. The molecule has 0 bridgehead atoms. The van der Waals surface area contributed by atoms with Gasteiger partial charge in [-0.15, -0.1) is 11.3 Å². The van der Waals surface area contributed by atoms with Gasteiger partial charge in [-0.05, 0) is 20.8 Å². The number of aromatic nitrogens is 1. The van der Waals surface area contributed by atoms with Crippen molar-refractivity contribution in [2.75, 3.05) is 19.6 Å². The van der Waals surface area contributed by atoms with Gasteiger partial charge in [-0.3, -0.25) is 4.99 Å². The molecule has 0 amide bonds. The van der Waals surface area contributed by atoms with Gasteiger partial charge in [-0.25, -0.2) is 4.98 Å². The molecule has 0 saturated heterocycles.